The predicted molar refractivity (Wildman–Crippen MR) is 183 cm³/mol. The molecule has 6 atom stereocenters. The van der Waals surface area contributed by atoms with Crippen LogP contribution in [0, 0.1) is 11.8 Å². The van der Waals surface area contributed by atoms with E-state index in [1.54, 1.807) is 43.3 Å². The Kier molecular flexibility index (Phi) is 9.31. The summed E-state index contributed by atoms with van der Waals surface area (Å²) in [5, 5.41) is 19.5. The highest BCUT2D eigenvalue weighted by atomic mass is 32.2. The van der Waals surface area contributed by atoms with Crippen molar-refractivity contribution in [3.8, 4) is 0 Å². The van der Waals surface area contributed by atoms with Gasteiger partial charge in [0.25, 0.3) is 0 Å². The summed E-state index contributed by atoms with van der Waals surface area (Å²) in [7, 11) is 0. The Hall–Kier alpha value is -3.96. The molecule has 0 radical (unpaired) electrons. The molecule has 11 heteroatoms. The van der Waals surface area contributed by atoms with Crippen molar-refractivity contribution in [3.63, 3.8) is 0 Å². The second-order valence-electron chi connectivity index (χ2n) is 13.1. The van der Waals surface area contributed by atoms with Crippen molar-refractivity contribution >= 4 is 40.5 Å². The van der Waals surface area contributed by atoms with Crippen LogP contribution in [0.4, 0.5) is 0 Å². The molecule has 248 valence electrons. The second kappa shape index (κ2) is 13.3. The largest absolute Gasteiger partial charge is 0.394 e. The van der Waals surface area contributed by atoms with Crippen LogP contribution in [0.2, 0.25) is 0 Å². The zero-order chi connectivity index (χ0) is 33.3. The first-order chi connectivity index (χ1) is 22.7. The molecule has 47 heavy (non-hydrogen) atoms. The van der Waals surface area contributed by atoms with Crippen LogP contribution in [0.5, 0.6) is 0 Å². The number of aliphatic hydroxyl groups excluding tert-OH is 1. The van der Waals surface area contributed by atoms with Crippen molar-refractivity contribution in [1.82, 2.24) is 29.7 Å². The number of hydrogen-bond donors (Lipinski definition) is 1. The molecule has 2 unspecified atom stereocenters. The summed E-state index contributed by atoms with van der Waals surface area (Å²) in [5.74, 6) is -1.82. The van der Waals surface area contributed by atoms with Crippen LogP contribution in [0.15, 0.2) is 79.9 Å². The average molecular weight is 657 g/mol. The van der Waals surface area contributed by atoms with Gasteiger partial charge in [-0.25, -0.2) is 4.68 Å². The molecule has 3 fully saturated rings. The molecule has 0 aliphatic carbocycles. The summed E-state index contributed by atoms with van der Waals surface area (Å²) in [6.45, 7) is 12.9. The molecular weight excluding hydrogens is 613 g/mol. The van der Waals surface area contributed by atoms with Crippen molar-refractivity contribution in [1.29, 1.82) is 0 Å². The van der Waals surface area contributed by atoms with Crippen molar-refractivity contribution in [2.24, 2.45) is 11.8 Å². The lowest BCUT2D eigenvalue weighted by Gasteiger charge is -2.39. The van der Waals surface area contributed by atoms with Crippen molar-refractivity contribution in [3.05, 3.63) is 85.5 Å². The van der Waals surface area contributed by atoms with Crippen LogP contribution >= 0.6 is 11.8 Å². The highest BCUT2D eigenvalue weighted by Crippen LogP contribution is 2.72. The maximum absolute atomic E-state index is 15.1. The number of fused-ring (bicyclic) bond motifs is 2. The lowest BCUT2D eigenvalue weighted by Crippen LogP contribution is -2.58. The Labute approximate surface area is 280 Å². The maximum atomic E-state index is 15.1. The molecule has 6 rings (SSSR count). The monoisotopic (exact) mass is 656 g/mol. The highest BCUT2D eigenvalue weighted by Gasteiger charge is 2.78. The minimum Gasteiger partial charge on any atom is -0.394 e. The summed E-state index contributed by atoms with van der Waals surface area (Å²) in [6.07, 6.45) is 5.89. The molecule has 0 saturated carbocycles. The van der Waals surface area contributed by atoms with E-state index in [4.69, 9.17) is 0 Å². The Bertz CT molecular complexity index is 1660. The van der Waals surface area contributed by atoms with Gasteiger partial charge in [-0.2, -0.15) is 0 Å². The van der Waals surface area contributed by atoms with E-state index in [0.717, 1.165) is 17.5 Å². The van der Waals surface area contributed by atoms with Gasteiger partial charge in [0.05, 0.1) is 34.7 Å². The summed E-state index contributed by atoms with van der Waals surface area (Å²) in [5.41, 5.74) is 2.46. The van der Waals surface area contributed by atoms with Gasteiger partial charge in [-0.05, 0) is 50.3 Å². The van der Waals surface area contributed by atoms with E-state index in [0.29, 0.717) is 37.9 Å². The van der Waals surface area contributed by atoms with Gasteiger partial charge in [0.15, 0.2) is 0 Å². The number of thioether (sulfide) groups is 1. The first-order valence-corrected chi connectivity index (χ1v) is 17.3. The molecule has 1 N–H and O–H groups in total. The van der Waals surface area contributed by atoms with Crippen LogP contribution < -0.4 is 0 Å². The molecule has 3 aliphatic heterocycles. The summed E-state index contributed by atoms with van der Waals surface area (Å²) in [6, 6.07) is 15.7. The third kappa shape index (κ3) is 5.57. The summed E-state index contributed by atoms with van der Waals surface area (Å²) < 4.78 is 0.350. The minimum absolute atomic E-state index is 0.0598. The predicted octanol–water partition coefficient (Wildman–Crippen LogP) is 3.91. The quantitative estimate of drug-likeness (QED) is 0.262. The molecule has 10 nitrogen and oxygen atoms in total. The van der Waals surface area contributed by atoms with Gasteiger partial charge in [-0.3, -0.25) is 14.4 Å². The molecule has 3 aliphatic rings. The van der Waals surface area contributed by atoms with Crippen molar-refractivity contribution in [2.45, 2.75) is 67.8 Å². The van der Waals surface area contributed by atoms with E-state index >= 15 is 4.79 Å². The fraction of sp³-hybridized carbons (Fsp3) is 0.472. The number of amides is 3. The van der Waals surface area contributed by atoms with Crippen LogP contribution in [-0.4, -0.2) is 100 Å². The van der Waals surface area contributed by atoms with Crippen LogP contribution in [0.25, 0.3) is 11.0 Å². The van der Waals surface area contributed by atoms with E-state index in [-0.39, 0.29) is 37.5 Å². The van der Waals surface area contributed by atoms with Gasteiger partial charge in [0.2, 0.25) is 17.7 Å². The molecule has 1 spiro atoms. The van der Waals surface area contributed by atoms with Gasteiger partial charge in [0.1, 0.15) is 18.2 Å². The molecule has 3 amide bonds. The molecule has 1 aromatic heterocycles. The third-order valence-electron chi connectivity index (χ3n) is 10.2. The molecule has 3 saturated heterocycles. The standard InChI is InChI=1S/C36H44N6O4S/c1-5-19-39(20-6-2)32(44)29-30-33(45)42(26(23-43)22-25-13-9-8-10-14-25)31(36(30)18-17-35(29,4)47-36)34(46)40(21-7-3)24-41-28-16-12-11-15-27(28)37-38-41/h5,7-16,26,29-31,43H,1,3,6,17-24H2,2,4H3/t26-,29-,30+,31?,35+,36?/m1/s1. The molecule has 2 bridgehead atoms. The topological polar surface area (TPSA) is 112 Å². The molecule has 3 aromatic rings. The Morgan fingerprint density at radius 2 is 1.77 bits per heavy atom. The number of benzene rings is 2. The first kappa shape index (κ1) is 33.0. The van der Waals surface area contributed by atoms with Crippen LogP contribution in [0.1, 0.15) is 38.7 Å². The van der Waals surface area contributed by atoms with Gasteiger partial charge in [-0.1, -0.05) is 66.8 Å². The highest BCUT2D eigenvalue weighted by molar-refractivity contribution is 8.02. The van der Waals surface area contributed by atoms with Crippen LogP contribution in [0.3, 0.4) is 0 Å². The summed E-state index contributed by atoms with van der Waals surface area (Å²) >= 11 is 1.64. The zero-order valence-electron chi connectivity index (χ0n) is 27.2. The fourth-order valence-electron chi connectivity index (χ4n) is 8.19. The number of carbonyl (C=O) groups excluding carboxylic acids is 3. The molecule has 4 heterocycles. The third-order valence-corrected chi connectivity index (χ3v) is 12.2. The van der Waals surface area contributed by atoms with Crippen molar-refractivity contribution in [2.75, 3.05) is 26.2 Å². The number of carbonyl (C=O) groups is 3. The van der Waals surface area contributed by atoms with E-state index < -0.39 is 33.4 Å². The fourth-order valence-corrected chi connectivity index (χ4v) is 10.5. The Balaban J connectivity index is 1.44. The van der Waals surface area contributed by atoms with Gasteiger partial charge >= 0.3 is 0 Å². The Morgan fingerprint density at radius 1 is 1.06 bits per heavy atom. The summed E-state index contributed by atoms with van der Waals surface area (Å²) in [4.78, 5) is 49.6. The normalized spacial score (nSPS) is 26.7. The van der Waals surface area contributed by atoms with Gasteiger partial charge in [-0.15, -0.1) is 30.0 Å². The number of rotatable bonds is 14. The van der Waals surface area contributed by atoms with Gasteiger partial charge < -0.3 is 19.8 Å². The van der Waals surface area contributed by atoms with Gasteiger partial charge in [0, 0.05) is 24.4 Å². The number of aromatic nitrogens is 3. The van der Waals surface area contributed by atoms with Crippen molar-refractivity contribution < 1.29 is 19.5 Å². The number of para-hydroxylation sites is 1. The second-order valence-corrected chi connectivity index (χ2v) is 15.0. The number of aliphatic hydroxyl groups is 1. The van der Waals surface area contributed by atoms with E-state index in [1.807, 2.05) is 61.5 Å². The van der Waals surface area contributed by atoms with E-state index in [1.165, 1.54) is 0 Å². The van der Waals surface area contributed by atoms with E-state index in [9.17, 15) is 14.7 Å². The maximum Gasteiger partial charge on any atom is 0.248 e. The lowest BCUT2D eigenvalue weighted by atomic mass is 9.66. The number of hydrogen-bond acceptors (Lipinski definition) is 7. The lowest BCUT2D eigenvalue weighted by molar-refractivity contribution is -0.148. The zero-order valence-corrected chi connectivity index (χ0v) is 28.0. The smallest absolute Gasteiger partial charge is 0.248 e. The SMILES string of the molecule is C=CCN(Cn1nnc2ccccc21)C(=O)C1N([C@@H](CO)Cc2ccccc2)C(=O)[C@@H]2[C@H](C(=O)N(CC=C)CCC)[C@]3(C)CCC12S3. The molecule has 2 aromatic carbocycles. The van der Waals surface area contributed by atoms with E-state index in [2.05, 4.69) is 30.4 Å². The number of nitrogens with zero attached hydrogens (tertiary/aromatic N) is 6. The average Bonchev–Trinajstić information content (AvgIpc) is 3.78. The van der Waals surface area contributed by atoms with Crippen LogP contribution in [-0.2, 0) is 27.5 Å². The minimum atomic E-state index is -0.890. The first-order valence-electron chi connectivity index (χ1n) is 16.5. The number of likely N-dealkylation sites (tertiary alicyclic amines) is 1. The molecular formula is C36H44N6O4S. The Morgan fingerprint density at radius 3 is 2.47 bits per heavy atom.